The van der Waals surface area contributed by atoms with E-state index in [2.05, 4.69) is 24.5 Å². The zero-order valence-electron chi connectivity index (χ0n) is 9.70. The number of aryl methyl sites for hydroxylation is 1. The number of thioether (sulfide) groups is 1. The molecule has 2 heterocycles. The Bertz CT molecular complexity index is 397. The highest BCUT2D eigenvalue weighted by Gasteiger charge is 2.25. The molecule has 88 valence electrons. The molecule has 3 rings (SSSR count). The lowest BCUT2D eigenvalue weighted by atomic mass is 10.2. The van der Waals surface area contributed by atoms with Crippen LogP contribution in [0.25, 0.3) is 0 Å². The maximum Gasteiger partial charge on any atom is 0.0545 e. The fourth-order valence-electron chi connectivity index (χ4n) is 2.39. The first-order chi connectivity index (χ1) is 7.78. The van der Waals surface area contributed by atoms with Crippen molar-refractivity contribution in [2.75, 3.05) is 36.7 Å². The zero-order chi connectivity index (χ0) is 11.0. The SMILES string of the molecule is CS1(c2ccc3c(c2)CCS3)CCOCC1. The average Bonchev–Trinajstić information content (AvgIpc) is 2.77. The molecule has 1 fully saturated rings. The van der Waals surface area contributed by atoms with Crippen molar-refractivity contribution in [3.63, 3.8) is 0 Å². The molecule has 0 unspecified atom stereocenters. The lowest BCUT2D eigenvalue weighted by Gasteiger charge is -2.40. The van der Waals surface area contributed by atoms with Crippen molar-refractivity contribution in [1.82, 2.24) is 0 Å². The minimum atomic E-state index is -0.575. The smallest absolute Gasteiger partial charge is 0.0545 e. The lowest BCUT2D eigenvalue weighted by Crippen LogP contribution is -2.23. The van der Waals surface area contributed by atoms with Gasteiger partial charge in [-0.05, 0) is 41.3 Å². The van der Waals surface area contributed by atoms with Crippen LogP contribution < -0.4 is 0 Å². The summed E-state index contributed by atoms with van der Waals surface area (Å²) in [5.74, 6) is 3.77. The predicted molar refractivity (Wildman–Crippen MR) is 73.2 cm³/mol. The Hall–Kier alpha value is -0.120. The summed E-state index contributed by atoms with van der Waals surface area (Å²) in [6.07, 6.45) is 3.74. The highest BCUT2D eigenvalue weighted by molar-refractivity contribution is 8.33. The molecule has 1 nitrogen and oxygen atoms in total. The van der Waals surface area contributed by atoms with E-state index in [-0.39, 0.29) is 0 Å². The van der Waals surface area contributed by atoms with E-state index >= 15 is 0 Å². The van der Waals surface area contributed by atoms with Gasteiger partial charge in [-0.2, -0.15) is 0 Å². The normalized spacial score (nSPS) is 25.1. The van der Waals surface area contributed by atoms with Crippen molar-refractivity contribution < 1.29 is 4.74 Å². The van der Waals surface area contributed by atoms with Crippen LogP contribution in [0.1, 0.15) is 5.56 Å². The monoisotopic (exact) mass is 254 g/mol. The molecule has 1 aromatic carbocycles. The van der Waals surface area contributed by atoms with Crippen molar-refractivity contribution in [3.8, 4) is 0 Å². The van der Waals surface area contributed by atoms with Gasteiger partial charge < -0.3 is 4.74 Å². The average molecular weight is 254 g/mol. The molecule has 0 aliphatic carbocycles. The quantitative estimate of drug-likeness (QED) is 0.761. The molecule has 1 saturated heterocycles. The summed E-state index contributed by atoms with van der Waals surface area (Å²) in [5.41, 5.74) is 1.59. The number of benzene rings is 1. The molecule has 0 atom stereocenters. The Balaban J connectivity index is 1.93. The molecule has 0 radical (unpaired) electrons. The maximum atomic E-state index is 5.50. The number of rotatable bonds is 1. The molecule has 0 bridgehead atoms. The minimum absolute atomic E-state index is 0.575. The van der Waals surface area contributed by atoms with Crippen molar-refractivity contribution in [3.05, 3.63) is 23.8 Å². The van der Waals surface area contributed by atoms with E-state index in [0.29, 0.717) is 0 Å². The van der Waals surface area contributed by atoms with Gasteiger partial charge in [-0.3, -0.25) is 0 Å². The van der Waals surface area contributed by atoms with Crippen LogP contribution in [0.2, 0.25) is 0 Å². The van der Waals surface area contributed by atoms with Crippen LogP contribution in [-0.4, -0.2) is 36.7 Å². The standard InChI is InChI=1S/C13H18OS2/c1-16(8-5-14-6-9-16)12-2-3-13-11(10-12)4-7-15-13/h2-3,10H,4-9H2,1H3. The number of hydrogen-bond acceptors (Lipinski definition) is 2. The molecule has 0 amide bonds. The van der Waals surface area contributed by atoms with Gasteiger partial charge in [0, 0.05) is 22.2 Å². The van der Waals surface area contributed by atoms with Crippen LogP contribution in [0.5, 0.6) is 0 Å². The Morgan fingerprint density at radius 3 is 2.88 bits per heavy atom. The summed E-state index contributed by atoms with van der Waals surface area (Å²) in [6.45, 7) is 1.91. The highest BCUT2D eigenvalue weighted by Crippen LogP contribution is 2.54. The fourth-order valence-corrected chi connectivity index (χ4v) is 5.92. The zero-order valence-corrected chi connectivity index (χ0v) is 11.3. The van der Waals surface area contributed by atoms with E-state index in [1.54, 1.807) is 10.5 Å². The molecule has 0 saturated carbocycles. The van der Waals surface area contributed by atoms with Crippen LogP contribution in [0.15, 0.2) is 28.0 Å². The lowest BCUT2D eigenvalue weighted by molar-refractivity contribution is 0.159. The third-order valence-corrected chi connectivity index (χ3v) is 8.23. The first-order valence-electron chi connectivity index (χ1n) is 5.85. The van der Waals surface area contributed by atoms with E-state index in [1.807, 2.05) is 11.8 Å². The molecule has 0 N–H and O–H groups in total. The van der Waals surface area contributed by atoms with Gasteiger partial charge >= 0.3 is 0 Å². The van der Waals surface area contributed by atoms with Crippen molar-refractivity contribution in [2.45, 2.75) is 16.2 Å². The van der Waals surface area contributed by atoms with Gasteiger partial charge in [0.1, 0.15) is 0 Å². The first-order valence-corrected chi connectivity index (χ1v) is 9.22. The topological polar surface area (TPSA) is 9.23 Å². The van der Waals surface area contributed by atoms with Crippen LogP contribution >= 0.6 is 21.8 Å². The van der Waals surface area contributed by atoms with Gasteiger partial charge in [-0.15, -0.1) is 11.8 Å². The first kappa shape index (κ1) is 11.0. The number of fused-ring (bicyclic) bond motifs is 1. The number of hydrogen-bond donors (Lipinski definition) is 0. The van der Waals surface area contributed by atoms with Crippen LogP contribution in [0.4, 0.5) is 0 Å². The Labute approximate surface area is 103 Å². The molecule has 2 aliphatic heterocycles. The molecule has 0 spiro atoms. The minimum Gasteiger partial charge on any atom is -0.380 e. The van der Waals surface area contributed by atoms with E-state index in [4.69, 9.17) is 4.74 Å². The molecule has 0 aromatic heterocycles. The second-order valence-corrected chi connectivity index (χ2v) is 9.64. The summed E-state index contributed by atoms with van der Waals surface area (Å²) in [7, 11) is -0.575. The third kappa shape index (κ3) is 1.89. The van der Waals surface area contributed by atoms with Crippen molar-refractivity contribution >= 4 is 21.8 Å². The summed E-state index contributed by atoms with van der Waals surface area (Å²) >= 11 is 2.01. The summed E-state index contributed by atoms with van der Waals surface area (Å²) in [5, 5.41) is 0. The van der Waals surface area contributed by atoms with Crippen molar-refractivity contribution in [2.24, 2.45) is 0 Å². The fraction of sp³-hybridized carbons (Fsp3) is 0.538. The van der Waals surface area contributed by atoms with Gasteiger partial charge in [-0.25, -0.2) is 10.0 Å². The van der Waals surface area contributed by atoms with E-state index in [9.17, 15) is 0 Å². The molecular weight excluding hydrogens is 236 g/mol. The van der Waals surface area contributed by atoms with Gasteiger partial charge in [0.25, 0.3) is 0 Å². The van der Waals surface area contributed by atoms with E-state index in [1.165, 1.54) is 28.6 Å². The summed E-state index contributed by atoms with van der Waals surface area (Å²) in [4.78, 5) is 3.12. The van der Waals surface area contributed by atoms with E-state index < -0.39 is 10.0 Å². The van der Waals surface area contributed by atoms with Gasteiger partial charge in [0.2, 0.25) is 0 Å². The van der Waals surface area contributed by atoms with Crippen LogP contribution in [0.3, 0.4) is 0 Å². The largest absolute Gasteiger partial charge is 0.380 e. The van der Waals surface area contributed by atoms with Crippen LogP contribution in [0, 0.1) is 0 Å². The molecule has 2 aliphatic rings. The molecule has 16 heavy (non-hydrogen) atoms. The maximum absolute atomic E-state index is 5.50. The Morgan fingerprint density at radius 2 is 2.06 bits per heavy atom. The van der Waals surface area contributed by atoms with Crippen LogP contribution in [-0.2, 0) is 11.2 Å². The molecule has 1 aromatic rings. The van der Waals surface area contributed by atoms with Gasteiger partial charge in [-0.1, -0.05) is 0 Å². The van der Waals surface area contributed by atoms with Crippen molar-refractivity contribution in [1.29, 1.82) is 0 Å². The summed E-state index contributed by atoms with van der Waals surface area (Å²) < 4.78 is 5.50. The summed E-state index contributed by atoms with van der Waals surface area (Å²) in [6, 6.07) is 7.20. The third-order valence-electron chi connectivity index (χ3n) is 3.59. The molecule has 3 heteroatoms. The molecular formula is C13H18OS2. The predicted octanol–water partition coefficient (Wildman–Crippen LogP) is 3.16. The highest BCUT2D eigenvalue weighted by atomic mass is 32.3. The second-order valence-electron chi connectivity index (χ2n) is 4.66. The van der Waals surface area contributed by atoms with Gasteiger partial charge in [0.15, 0.2) is 0 Å². The number of ether oxygens (including phenoxy) is 1. The Kier molecular flexibility index (Phi) is 2.94. The van der Waals surface area contributed by atoms with Gasteiger partial charge in [0.05, 0.1) is 13.2 Å². The van der Waals surface area contributed by atoms with E-state index in [0.717, 1.165) is 13.2 Å². The Morgan fingerprint density at radius 1 is 1.25 bits per heavy atom. The second kappa shape index (κ2) is 4.28.